The molecule has 0 aromatic carbocycles. The molecule has 2 aromatic rings. The molecule has 4 rings (SSSR count). The van der Waals surface area contributed by atoms with E-state index in [1.54, 1.807) is 0 Å². The molecule has 0 saturated carbocycles. The molecule has 2 aliphatic rings. The predicted molar refractivity (Wildman–Crippen MR) is 118 cm³/mol. The maximum atomic E-state index is 13.0. The Labute approximate surface area is 184 Å². The Bertz CT molecular complexity index is 880. The van der Waals surface area contributed by atoms with Crippen molar-refractivity contribution in [2.24, 2.45) is 5.92 Å². The summed E-state index contributed by atoms with van der Waals surface area (Å²) >= 11 is 0. The number of rotatable bonds is 5. The minimum atomic E-state index is 0. The number of nitrogens with zero attached hydrogens (tertiary/aromatic N) is 6. The minimum Gasteiger partial charge on any atom is -0.342 e. The number of likely N-dealkylation sites (tertiary alicyclic amines) is 1. The normalized spacial score (nSPS) is 17.2. The van der Waals surface area contributed by atoms with Gasteiger partial charge < -0.3 is 14.8 Å². The zero-order chi connectivity index (χ0) is 20.5. The van der Waals surface area contributed by atoms with Gasteiger partial charge in [0.1, 0.15) is 11.6 Å². The average molecular weight is 436 g/mol. The quantitative estimate of drug-likeness (QED) is 0.778. The van der Waals surface area contributed by atoms with E-state index in [0.717, 1.165) is 80.7 Å². The van der Waals surface area contributed by atoms with E-state index in [1.165, 1.54) is 0 Å². The van der Waals surface area contributed by atoms with Gasteiger partial charge in [0.15, 0.2) is 0 Å². The van der Waals surface area contributed by atoms with Crippen LogP contribution < -0.4 is 5.32 Å². The first-order valence-corrected chi connectivity index (χ1v) is 10.9. The zero-order valence-electron chi connectivity index (χ0n) is 18.5. The molecule has 0 atom stereocenters. The Morgan fingerprint density at radius 3 is 2.60 bits per heavy atom. The number of amides is 1. The number of hydrogen-bond acceptors (Lipinski definition) is 5. The van der Waals surface area contributed by atoms with Gasteiger partial charge in [0.2, 0.25) is 5.91 Å². The molecule has 0 aliphatic carbocycles. The Hall–Kier alpha value is -1.93. The molecule has 9 heteroatoms. The number of nitrogens with one attached hydrogen (secondary N) is 1. The van der Waals surface area contributed by atoms with E-state index in [1.807, 2.05) is 11.8 Å². The molecule has 0 bridgehead atoms. The summed E-state index contributed by atoms with van der Waals surface area (Å²) in [4.78, 5) is 15.0. The van der Waals surface area contributed by atoms with Gasteiger partial charge in [-0.3, -0.25) is 9.48 Å². The average Bonchev–Trinajstić information content (AvgIpc) is 3.24. The molecule has 166 valence electrons. The molecule has 2 aliphatic heterocycles. The fourth-order valence-electron chi connectivity index (χ4n) is 4.58. The van der Waals surface area contributed by atoms with Crippen LogP contribution in [-0.2, 0) is 30.8 Å². The van der Waals surface area contributed by atoms with Crippen LogP contribution in [0.3, 0.4) is 0 Å². The number of hydrogen-bond donors (Lipinski definition) is 1. The van der Waals surface area contributed by atoms with E-state index in [2.05, 4.69) is 50.6 Å². The highest BCUT2D eigenvalue weighted by Gasteiger charge is 2.29. The number of carbonyl (C=O) groups excluding carboxylic acids is 1. The van der Waals surface area contributed by atoms with Crippen LogP contribution in [-0.4, -0.2) is 55.0 Å². The number of piperidine rings is 1. The lowest BCUT2D eigenvalue weighted by Crippen LogP contribution is -2.39. The fourth-order valence-corrected chi connectivity index (χ4v) is 4.58. The Morgan fingerprint density at radius 2 is 1.90 bits per heavy atom. The second-order valence-corrected chi connectivity index (χ2v) is 8.86. The summed E-state index contributed by atoms with van der Waals surface area (Å²) in [5.41, 5.74) is 3.20. The summed E-state index contributed by atoms with van der Waals surface area (Å²) < 4.78 is 4.33. The molecule has 0 unspecified atom stereocenters. The van der Waals surface area contributed by atoms with E-state index in [4.69, 9.17) is 0 Å². The van der Waals surface area contributed by atoms with Crippen molar-refractivity contribution >= 4 is 18.3 Å². The van der Waals surface area contributed by atoms with Crippen molar-refractivity contribution in [2.45, 2.75) is 72.5 Å². The molecule has 4 heterocycles. The molecule has 1 saturated heterocycles. The van der Waals surface area contributed by atoms with Gasteiger partial charge in [0, 0.05) is 49.9 Å². The topological polar surface area (TPSA) is 80.9 Å². The minimum absolute atomic E-state index is 0. The predicted octanol–water partition coefficient (Wildman–Crippen LogP) is 2.22. The van der Waals surface area contributed by atoms with Crippen LogP contribution >= 0.6 is 12.4 Å². The standard InChI is InChI=1S/C21H33N7O.ClH/c1-14(2)13-28-16(4)18(15(3)25-28)11-20(29)26-8-5-17(6-9-26)21-24-23-19-12-22-7-10-27(19)21;/h14,17,22H,5-13H2,1-4H3;1H. The first kappa shape index (κ1) is 22.7. The SMILES string of the molecule is Cc1nn(CC(C)C)c(C)c1CC(=O)N1CCC(c2nnc3n2CCNC3)CC1.Cl. The smallest absolute Gasteiger partial charge is 0.227 e. The van der Waals surface area contributed by atoms with Crippen molar-refractivity contribution in [1.29, 1.82) is 0 Å². The Kier molecular flexibility index (Phi) is 7.18. The molecule has 1 amide bonds. The summed E-state index contributed by atoms with van der Waals surface area (Å²) in [6.07, 6.45) is 2.37. The van der Waals surface area contributed by atoms with E-state index in [0.29, 0.717) is 18.3 Å². The monoisotopic (exact) mass is 435 g/mol. The summed E-state index contributed by atoms with van der Waals surface area (Å²) in [6.45, 7) is 13.7. The van der Waals surface area contributed by atoms with Crippen molar-refractivity contribution in [3.8, 4) is 0 Å². The summed E-state index contributed by atoms with van der Waals surface area (Å²) in [5.74, 6) is 3.29. The molecule has 1 fully saturated rings. The molecule has 0 spiro atoms. The van der Waals surface area contributed by atoms with Gasteiger partial charge in [-0.05, 0) is 32.6 Å². The highest BCUT2D eigenvalue weighted by molar-refractivity contribution is 5.85. The molecular weight excluding hydrogens is 402 g/mol. The third kappa shape index (κ3) is 4.54. The van der Waals surface area contributed by atoms with Crippen LogP contribution in [0.2, 0.25) is 0 Å². The van der Waals surface area contributed by atoms with Crippen molar-refractivity contribution in [3.05, 3.63) is 28.6 Å². The third-order valence-corrected chi connectivity index (χ3v) is 6.26. The van der Waals surface area contributed by atoms with Crippen LogP contribution in [0.5, 0.6) is 0 Å². The molecule has 0 radical (unpaired) electrons. The largest absolute Gasteiger partial charge is 0.342 e. The molecule has 8 nitrogen and oxygen atoms in total. The third-order valence-electron chi connectivity index (χ3n) is 6.26. The van der Waals surface area contributed by atoms with Crippen LogP contribution in [0.4, 0.5) is 0 Å². The van der Waals surface area contributed by atoms with Crippen molar-refractivity contribution in [3.63, 3.8) is 0 Å². The Balaban J connectivity index is 0.00000256. The lowest BCUT2D eigenvalue weighted by Gasteiger charge is -2.32. The van der Waals surface area contributed by atoms with E-state index in [-0.39, 0.29) is 18.3 Å². The number of aromatic nitrogens is 5. The second-order valence-electron chi connectivity index (χ2n) is 8.86. The van der Waals surface area contributed by atoms with Crippen molar-refractivity contribution in [1.82, 2.24) is 34.8 Å². The maximum Gasteiger partial charge on any atom is 0.227 e. The van der Waals surface area contributed by atoms with Gasteiger partial charge in [-0.15, -0.1) is 22.6 Å². The van der Waals surface area contributed by atoms with Crippen molar-refractivity contribution < 1.29 is 4.79 Å². The van der Waals surface area contributed by atoms with Crippen LogP contribution in [0, 0.1) is 19.8 Å². The molecule has 1 N–H and O–H groups in total. The molecule has 2 aromatic heterocycles. The van der Waals surface area contributed by atoms with Gasteiger partial charge >= 0.3 is 0 Å². The van der Waals surface area contributed by atoms with Crippen LogP contribution in [0.15, 0.2) is 0 Å². The number of fused-ring (bicyclic) bond motifs is 1. The summed E-state index contributed by atoms with van der Waals surface area (Å²) in [6, 6.07) is 0. The van der Waals surface area contributed by atoms with Gasteiger partial charge in [-0.2, -0.15) is 5.10 Å². The highest BCUT2D eigenvalue weighted by atomic mass is 35.5. The van der Waals surface area contributed by atoms with Crippen molar-refractivity contribution in [2.75, 3.05) is 19.6 Å². The maximum absolute atomic E-state index is 13.0. The first-order chi connectivity index (χ1) is 13.9. The summed E-state index contributed by atoms with van der Waals surface area (Å²) in [5, 5.41) is 16.8. The second kappa shape index (κ2) is 9.47. The number of carbonyl (C=O) groups is 1. The first-order valence-electron chi connectivity index (χ1n) is 10.9. The highest BCUT2D eigenvalue weighted by Crippen LogP contribution is 2.28. The van der Waals surface area contributed by atoms with Crippen LogP contribution in [0.25, 0.3) is 0 Å². The van der Waals surface area contributed by atoms with Gasteiger partial charge in [0.05, 0.1) is 18.7 Å². The Morgan fingerprint density at radius 1 is 1.17 bits per heavy atom. The number of halogens is 1. The lowest BCUT2D eigenvalue weighted by atomic mass is 9.95. The fraction of sp³-hybridized carbons (Fsp3) is 0.714. The van der Waals surface area contributed by atoms with E-state index < -0.39 is 0 Å². The summed E-state index contributed by atoms with van der Waals surface area (Å²) in [7, 11) is 0. The molecular formula is C21H34ClN7O. The van der Waals surface area contributed by atoms with E-state index in [9.17, 15) is 4.79 Å². The zero-order valence-corrected chi connectivity index (χ0v) is 19.3. The van der Waals surface area contributed by atoms with Gasteiger partial charge in [-0.1, -0.05) is 13.8 Å². The lowest BCUT2D eigenvalue weighted by molar-refractivity contribution is -0.131. The molecule has 30 heavy (non-hydrogen) atoms. The van der Waals surface area contributed by atoms with Gasteiger partial charge in [-0.25, -0.2) is 0 Å². The van der Waals surface area contributed by atoms with E-state index >= 15 is 0 Å². The van der Waals surface area contributed by atoms with Crippen LogP contribution in [0.1, 0.15) is 61.2 Å². The number of aryl methyl sites for hydroxylation is 1. The van der Waals surface area contributed by atoms with Gasteiger partial charge in [0.25, 0.3) is 0 Å².